The molecule has 0 atom stereocenters. The molecular weight excluding hydrogens is 315 g/mol. The molecule has 0 saturated heterocycles. The number of hydrogen-bond acceptors (Lipinski definition) is 1. The van der Waals surface area contributed by atoms with Crippen LogP contribution in [0.1, 0.15) is 25.0 Å². The fraction of sp³-hybridized carbons (Fsp3) is 0.286. The number of rotatable bonds is 6. The number of hydrogen-bond donors (Lipinski definition) is 0. The summed E-state index contributed by atoms with van der Waals surface area (Å²) >= 11 is 0. The fourth-order valence-electron chi connectivity index (χ4n) is 3.23. The Balaban J connectivity index is 1.92. The zero-order valence-electron chi connectivity index (χ0n) is 14.7. The standard InChI is InChI=1S/C21H23FN2O/c1-3-23(4-2)21(25)13-17-15-24(20-8-6-5-7-19(17)20)14-16-9-11-18(22)12-10-16/h5-12,15H,3-4,13-14H2,1-2H3. The van der Waals surface area contributed by atoms with E-state index in [2.05, 4.69) is 22.9 Å². The maximum Gasteiger partial charge on any atom is 0.227 e. The maximum atomic E-state index is 13.1. The minimum absolute atomic E-state index is 0.148. The summed E-state index contributed by atoms with van der Waals surface area (Å²) in [5, 5.41) is 1.10. The summed E-state index contributed by atoms with van der Waals surface area (Å²) in [5.74, 6) is -0.0821. The van der Waals surface area contributed by atoms with Crippen LogP contribution in [0.15, 0.2) is 54.7 Å². The van der Waals surface area contributed by atoms with Crippen LogP contribution in [-0.4, -0.2) is 28.5 Å². The summed E-state index contributed by atoms with van der Waals surface area (Å²) < 4.78 is 15.3. The van der Waals surface area contributed by atoms with E-state index in [1.165, 1.54) is 12.1 Å². The molecule has 3 nitrogen and oxygen atoms in total. The molecule has 0 aliphatic carbocycles. The second kappa shape index (κ2) is 7.51. The molecule has 0 fully saturated rings. The first-order valence-electron chi connectivity index (χ1n) is 8.71. The lowest BCUT2D eigenvalue weighted by atomic mass is 10.1. The highest BCUT2D eigenvalue weighted by Gasteiger charge is 2.15. The third kappa shape index (κ3) is 3.73. The van der Waals surface area contributed by atoms with Crippen molar-refractivity contribution in [3.63, 3.8) is 0 Å². The minimum atomic E-state index is -0.230. The number of nitrogens with zero attached hydrogens (tertiary/aromatic N) is 2. The third-order valence-electron chi connectivity index (χ3n) is 4.60. The minimum Gasteiger partial charge on any atom is -0.343 e. The van der Waals surface area contributed by atoms with Gasteiger partial charge in [0.05, 0.1) is 6.42 Å². The van der Waals surface area contributed by atoms with Crippen LogP contribution < -0.4 is 0 Å². The van der Waals surface area contributed by atoms with E-state index in [4.69, 9.17) is 0 Å². The zero-order valence-corrected chi connectivity index (χ0v) is 14.7. The lowest BCUT2D eigenvalue weighted by molar-refractivity contribution is -0.130. The second-order valence-electron chi connectivity index (χ2n) is 6.17. The van der Waals surface area contributed by atoms with Crippen LogP contribution in [0, 0.1) is 5.82 Å². The molecule has 130 valence electrons. The summed E-state index contributed by atoms with van der Waals surface area (Å²) in [6, 6.07) is 14.7. The van der Waals surface area contributed by atoms with Gasteiger partial charge >= 0.3 is 0 Å². The summed E-state index contributed by atoms with van der Waals surface area (Å²) in [7, 11) is 0. The largest absolute Gasteiger partial charge is 0.343 e. The van der Waals surface area contributed by atoms with E-state index < -0.39 is 0 Å². The van der Waals surface area contributed by atoms with Gasteiger partial charge in [0, 0.05) is 36.7 Å². The maximum absolute atomic E-state index is 13.1. The Bertz CT molecular complexity index is 863. The van der Waals surface area contributed by atoms with Crippen LogP contribution in [0.2, 0.25) is 0 Å². The lowest BCUT2D eigenvalue weighted by Gasteiger charge is -2.18. The van der Waals surface area contributed by atoms with Gasteiger partial charge in [0.15, 0.2) is 0 Å². The molecule has 2 aromatic carbocycles. The fourth-order valence-corrected chi connectivity index (χ4v) is 3.23. The van der Waals surface area contributed by atoms with Crippen LogP contribution in [0.3, 0.4) is 0 Å². The third-order valence-corrected chi connectivity index (χ3v) is 4.60. The molecule has 0 aliphatic rings. The van der Waals surface area contributed by atoms with Crippen LogP contribution in [0.5, 0.6) is 0 Å². The number of fused-ring (bicyclic) bond motifs is 1. The van der Waals surface area contributed by atoms with Gasteiger partial charge in [-0.1, -0.05) is 30.3 Å². The van der Waals surface area contributed by atoms with Gasteiger partial charge in [0.25, 0.3) is 0 Å². The van der Waals surface area contributed by atoms with Crippen LogP contribution >= 0.6 is 0 Å². The van der Waals surface area contributed by atoms with Crippen molar-refractivity contribution in [1.82, 2.24) is 9.47 Å². The topological polar surface area (TPSA) is 25.2 Å². The Morgan fingerprint density at radius 1 is 1.04 bits per heavy atom. The molecule has 0 aliphatic heterocycles. The van der Waals surface area contributed by atoms with Gasteiger partial charge in [-0.05, 0) is 43.2 Å². The first-order valence-corrected chi connectivity index (χ1v) is 8.71. The summed E-state index contributed by atoms with van der Waals surface area (Å²) in [5.41, 5.74) is 3.16. The number of amides is 1. The average Bonchev–Trinajstić information content (AvgIpc) is 2.96. The van der Waals surface area contributed by atoms with E-state index in [1.54, 1.807) is 12.1 Å². The molecule has 0 spiro atoms. The van der Waals surface area contributed by atoms with Gasteiger partial charge in [0.1, 0.15) is 5.82 Å². The Labute approximate surface area is 147 Å². The van der Waals surface area contributed by atoms with E-state index in [1.807, 2.05) is 30.9 Å². The normalized spacial score (nSPS) is 11.0. The van der Waals surface area contributed by atoms with E-state index >= 15 is 0 Å². The highest BCUT2D eigenvalue weighted by atomic mass is 19.1. The molecule has 1 amide bonds. The smallest absolute Gasteiger partial charge is 0.227 e. The highest BCUT2D eigenvalue weighted by molar-refractivity contribution is 5.89. The lowest BCUT2D eigenvalue weighted by Crippen LogP contribution is -2.31. The molecule has 3 aromatic rings. The first-order chi connectivity index (χ1) is 12.1. The molecule has 0 N–H and O–H groups in total. The van der Waals surface area contributed by atoms with Gasteiger partial charge in [-0.15, -0.1) is 0 Å². The Hall–Kier alpha value is -2.62. The SMILES string of the molecule is CCN(CC)C(=O)Cc1cn(Cc2ccc(F)cc2)c2ccccc12. The number of likely N-dealkylation sites (N-methyl/N-ethyl adjacent to an activating group) is 1. The van der Waals surface area contributed by atoms with Crippen molar-refractivity contribution in [3.8, 4) is 0 Å². The first kappa shape index (κ1) is 17.2. The highest BCUT2D eigenvalue weighted by Crippen LogP contribution is 2.23. The van der Waals surface area contributed by atoms with Crippen molar-refractivity contribution in [1.29, 1.82) is 0 Å². The Morgan fingerprint density at radius 2 is 1.72 bits per heavy atom. The van der Waals surface area contributed by atoms with Gasteiger partial charge in [0.2, 0.25) is 5.91 Å². The summed E-state index contributed by atoms with van der Waals surface area (Å²) in [4.78, 5) is 14.4. The molecule has 4 heteroatoms. The molecule has 0 unspecified atom stereocenters. The Kier molecular flexibility index (Phi) is 5.17. The molecule has 0 bridgehead atoms. The van der Waals surface area contributed by atoms with Crippen molar-refractivity contribution in [2.75, 3.05) is 13.1 Å². The molecule has 1 aromatic heterocycles. The van der Waals surface area contributed by atoms with E-state index in [9.17, 15) is 9.18 Å². The average molecular weight is 338 g/mol. The van der Waals surface area contributed by atoms with E-state index in [0.717, 1.165) is 35.1 Å². The van der Waals surface area contributed by atoms with E-state index in [-0.39, 0.29) is 11.7 Å². The van der Waals surface area contributed by atoms with Crippen LogP contribution in [0.25, 0.3) is 10.9 Å². The van der Waals surface area contributed by atoms with Gasteiger partial charge in [-0.3, -0.25) is 4.79 Å². The predicted octanol–water partition coefficient (Wildman–Crippen LogP) is 4.24. The molecule has 1 heterocycles. The number of para-hydroxylation sites is 1. The number of carbonyl (C=O) groups excluding carboxylic acids is 1. The van der Waals surface area contributed by atoms with Crippen molar-refractivity contribution in [2.24, 2.45) is 0 Å². The van der Waals surface area contributed by atoms with Crippen molar-refractivity contribution < 1.29 is 9.18 Å². The molecule has 25 heavy (non-hydrogen) atoms. The van der Waals surface area contributed by atoms with Gasteiger partial charge in [-0.2, -0.15) is 0 Å². The van der Waals surface area contributed by atoms with E-state index in [0.29, 0.717) is 13.0 Å². The quantitative estimate of drug-likeness (QED) is 0.660. The predicted molar refractivity (Wildman–Crippen MR) is 99.1 cm³/mol. The van der Waals surface area contributed by atoms with Crippen molar-refractivity contribution in [3.05, 3.63) is 71.7 Å². The van der Waals surface area contributed by atoms with Crippen LogP contribution in [0.4, 0.5) is 4.39 Å². The number of halogens is 1. The number of aromatic nitrogens is 1. The summed E-state index contributed by atoms with van der Waals surface area (Å²) in [6.07, 6.45) is 2.45. The molecular formula is C21H23FN2O. The molecule has 0 radical (unpaired) electrons. The molecule has 3 rings (SSSR count). The van der Waals surface area contributed by atoms with Crippen molar-refractivity contribution in [2.45, 2.75) is 26.8 Å². The monoisotopic (exact) mass is 338 g/mol. The van der Waals surface area contributed by atoms with Gasteiger partial charge < -0.3 is 9.47 Å². The second-order valence-corrected chi connectivity index (χ2v) is 6.17. The van der Waals surface area contributed by atoms with Gasteiger partial charge in [-0.25, -0.2) is 4.39 Å². The number of benzene rings is 2. The summed E-state index contributed by atoms with van der Waals surface area (Å²) in [6.45, 7) is 6.10. The number of carbonyl (C=O) groups is 1. The van der Waals surface area contributed by atoms with Crippen molar-refractivity contribution >= 4 is 16.8 Å². The molecule has 0 saturated carbocycles. The zero-order chi connectivity index (χ0) is 17.8. The Morgan fingerprint density at radius 3 is 2.40 bits per heavy atom. The van der Waals surface area contributed by atoms with Crippen LogP contribution in [-0.2, 0) is 17.8 Å².